The van der Waals surface area contributed by atoms with Gasteiger partial charge in [-0.2, -0.15) is 0 Å². The van der Waals surface area contributed by atoms with Crippen LogP contribution in [0.3, 0.4) is 0 Å². The largest absolute Gasteiger partial charge is 6.00 e. The Balaban J connectivity index is -0.00000000321. The van der Waals surface area contributed by atoms with Crippen LogP contribution in [0.4, 0.5) is 0 Å². The molecule has 0 atom stereocenters. The van der Waals surface area contributed by atoms with E-state index in [1.54, 1.807) is 0 Å². The van der Waals surface area contributed by atoms with Gasteiger partial charge in [0.05, 0.1) is 0 Å². The van der Waals surface area contributed by atoms with Crippen molar-refractivity contribution in [3.05, 3.63) is 39.4 Å². The van der Waals surface area contributed by atoms with E-state index in [2.05, 4.69) is 0 Å². The maximum absolute atomic E-state index is 6.25. The van der Waals surface area contributed by atoms with Crippen LogP contribution < -0.4 is 51.4 Å². The Kier molecular flexibility index (Phi) is 73400. The summed E-state index contributed by atoms with van der Waals surface area (Å²) in [5.74, 6) is 0. The molecule has 0 radical (unpaired) electrons. The van der Waals surface area contributed by atoms with Gasteiger partial charge in [0.25, 0.3) is 0 Å². The minimum absolute atomic E-state index is 0. The van der Waals surface area contributed by atoms with Gasteiger partial charge in [0.1, 0.15) is 0 Å². The molecule has 0 aromatic heterocycles. The molecule has 9 heteroatoms. The van der Waals surface area contributed by atoms with E-state index in [1.807, 2.05) is 0 Å². The van der Waals surface area contributed by atoms with Crippen molar-refractivity contribution in [3.63, 3.8) is 0 Å². The van der Waals surface area contributed by atoms with E-state index in [0.29, 0.717) is 0 Å². The summed E-state index contributed by atoms with van der Waals surface area (Å²) >= 11 is 0. The molecule has 74 valence electrons. The summed E-state index contributed by atoms with van der Waals surface area (Å²) in [6.45, 7) is 28.5. The van der Waals surface area contributed by atoms with Gasteiger partial charge in [-0.05, 0) is 0 Å². The van der Waals surface area contributed by atoms with E-state index in [9.17, 15) is 0 Å². The second-order valence-corrected chi connectivity index (χ2v) is 0. The molecule has 0 saturated carbocycles. The number of nitrogens with zero attached hydrogens (tertiary/aromatic N) is 6. The molecule has 15 heavy (non-hydrogen) atoms. The second-order valence-electron chi connectivity index (χ2n) is 0. The molecular formula is C6HFeKN6Ni. The Morgan fingerprint density at radius 2 is 0.467 bits per heavy atom. The third-order valence-electron chi connectivity index (χ3n) is 0. The summed E-state index contributed by atoms with van der Waals surface area (Å²) in [5.41, 5.74) is 0. The average Bonchev–Trinajstić information content (AvgIpc) is 2.33. The quantitative estimate of drug-likeness (QED) is 0.363. The van der Waals surface area contributed by atoms with Crippen LogP contribution in [0.15, 0.2) is 0 Å². The third-order valence-corrected chi connectivity index (χ3v) is 0. The van der Waals surface area contributed by atoms with E-state index in [4.69, 9.17) is 71.0 Å². The first kappa shape index (κ1) is 86.2. The monoisotopic (exact) mass is 310 g/mol. The molecule has 0 aromatic carbocycles. The zero-order chi connectivity index (χ0) is 12.0. The molecule has 0 aliphatic rings. The summed E-state index contributed by atoms with van der Waals surface area (Å²) < 4.78 is 0. The fraction of sp³-hybridized carbons (Fsp3) is 0. The predicted molar refractivity (Wildman–Crippen MR) is 30.9 cm³/mol. The van der Waals surface area contributed by atoms with E-state index in [0.717, 1.165) is 0 Å². The molecule has 0 aromatic rings. The van der Waals surface area contributed by atoms with E-state index < -0.39 is 0 Å². The standard InChI is InChI=1S/6CN.Fe.K.Ni.H/c6*1-2;;;;/q6*-1;+6;+1;;-1. The third kappa shape index (κ3) is 10800. The van der Waals surface area contributed by atoms with E-state index in [1.165, 1.54) is 0 Å². The van der Waals surface area contributed by atoms with Crippen molar-refractivity contribution < 1.29 is 86.4 Å². The van der Waals surface area contributed by atoms with Crippen molar-refractivity contribution in [3.8, 4) is 0 Å². The second kappa shape index (κ2) is 12800. The first-order chi connectivity index (χ1) is 6.00. The Morgan fingerprint density at radius 1 is 0.467 bits per heavy atom. The minimum atomic E-state index is 0. The van der Waals surface area contributed by atoms with Crippen molar-refractivity contribution in [1.29, 1.82) is 31.6 Å². The fourth-order valence-electron chi connectivity index (χ4n) is 0. The normalized spacial score (nSPS) is 0.800. The maximum Gasteiger partial charge on any atom is 6.00 e. The summed E-state index contributed by atoms with van der Waals surface area (Å²) in [4.78, 5) is 0. The molecule has 0 unspecified atom stereocenters. The van der Waals surface area contributed by atoms with Crippen molar-refractivity contribution in [2.24, 2.45) is 0 Å². The molecule has 0 aliphatic carbocycles. The molecule has 0 N–H and O–H groups in total. The van der Waals surface area contributed by atoms with Crippen molar-refractivity contribution in [2.45, 2.75) is 0 Å². The summed E-state index contributed by atoms with van der Waals surface area (Å²) in [7, 11) is 0. The topological polar surface area (TPSA) is 143 Å². The van der Waals surface area contributed by atoms with Gasteiger partial charge in [-0.25, -0.2) is 0 Å². The van der Waals surface area contributed by atoms with Crippen LogP contribution in [-0.4, -0.2) is 0 Å². The van der Waals surface area contributed by atoms with Crippen LogP contribution in [0, 0.1) is 71.0 Å². The van der Waals surface area contributed by atoms with Gasteiger partial charge in [0.15, 0.2) is 0 Å². The molecule has 0 spiro atoms. The average molecular weight is 311 g/mol. The van der Waals surface area contributed by atoms with Crippen LogP contribution in [-0.2, 0) is 33.6 Å². The Bertz CT molecular complexity index is 108. The molecule has 0 amide bonds. The summed E-state index contributed by atoms with van der Waals surface area (Å²) in [5, 5.41) is 37.5. The van der Waals surface area contributed by atoms with E-state index in [-0.39, 0.29) is 86.4 Å². The van der Waals surface area contributed by atoms with Crippen molar-refractivity contribution in [1.82, 2.24) is 0 Å². The molecular weight excluding hydrogens is 310 g/mol. The van der Waals surface area contributed by atoms with Gasteiger partial charge in [-0.1, -0.05) is 0 Å². The van der Waals surface area contributed by atoms with Crippen LogP contribution in [0.5, 0.6) is 0 Å². The van der Waals surface area contributed by atoms with Gasteiger partial charge in [0, 0.05) is 16.5 Å². The minimum Gasteiger partial charge on any atom is -1.00 e. The molecule has 0 aliphatic heterocycles. The predicted octanol–water partition coefficient (Wildman–Crippen LogP) is -2.31. The summed E-state index contributed by atoms with van der Waals surface area (Å²) in [6.07, 6.45) is 0. The maximum atomic E-state index is 6.25. The molecule has 0 rings (SSSR count). The zero-order valence-electron chi connectivity index (χ0n) is 8.35. The van der Waals surface area contributed by atoms with Gasteiger partial charge in [-0.3, -0.25) is 0 Å². The van der Waals surface area contributed by atoms with Crippen LogP contribution in [0.1, 0.15) is 1.43 Å². The van der Waals surface area contributed by atoms with Gasteiger partial charge in [-0.15, -0.1) is 0 Å². The number of hydrogen-bond acceptors (Lipinski definition) is 6. The van der Waals surface area contributed by atoms with Gasteiger partial charge < -0.3 is 72.4 Å². The number of rotatable bonds is 0. The Labute approximate surface area is 155 Å². The first-order valence-corrected chi connectivity index (χ1v) is 1.34. The summed E-state index contributed by atoms with van der Waals surface area (Å²) in [6, 6.07) is 0. The fourth-order valence-corrected chi connectivity index (χ4v) is 0. The Hall–Kier alpha value is -0.411. The molecule has 0 heterocycles. The van der Waals surface area contributed by atoms with Crippen LogP contribution in [0.25, 0.3) is 0 Å². The molecule has 0 fully saturated rings. The molecule has 0 bridgehead atoms. The van der Waals surface area contributed by atoms with Gasteiger partial charge >= 0.3 is 68.5 Å². The van der Waals surface area contributed by atoms with E-state index >= 15 is 0 Å². The van der Waals surface area contributed by atoms with Crippen molar-refractivity contribution >= 4 is 0 Å². The van der Waals surface area contributed by atoms with Crippen LogP contribution in [0.2, 0.25) is 0 Å². The van der Waals surface area contributed by atoms with Crippen LogP contribution >= 0.6 is 0 Å². The molecule has 6 nitrogen and oxygen atoms in total. The smallest absolute Gasteiger partial charge is 1.00 e. The van der Waals surface area contributed by atoms with Gasteiger partial charge in [0.2, 0.25) is 0 Å². The van der Waals surface area contributed by atoms with Crippen molar-refractivity contribution in [2.75, 3.05) is 0 Å². The SMILES string of the molecule is [C-]#N.[C-]#N.[C-]#N.[C-]#N.[C-]#N.[C-]#N.[Fe+6].[H-].[K+].[Ni]. The Morgan fingerprint density at radius 3 is 0.467 bits per heavy atom. The molecule has 0 saturated heterocycles. The number of hydrogen-bond donors (Lipinski definition) is 0. The zero-order valence-corrected chi connectivity index (χ0v) is 12.6. The first-order valence-electron chi connectivity index (χ1n) is 1.34.